The van der Waals surface area contributed by atoms with Crippen molar-refractivity contribution in [2.45, 2.75) is 39.5 Å². The van der Waals surface area contributed by atoms with Gasteiger partial charge in [-0.25, -0.2) is 0 Å². The topological polar surface area (TPSA) is 45.5 Å². The van der Waals surface area contributed by atoms with Gasteiger partial charge < -0.3 is 14.6 Å². The van der Waals surface area contributed by atoms with Crippen molar-refractivity contribution in [3.05, 3.63) is 24.0 Å². The van der Waals surface area contributed by atoms with Crippen LogP contribution in [0.2, 0.25) is 0 Å². The largest absolute Gasteiger partial charge is 0.389 e. The Balaban J connectivity index is 2.63. The van der Waals surface area contributed by atoms with Crippen LogP contribution >= 0.6 is 0 Å². The molecule has 4 nitrogen and oxygen atoms in total. The smallest absolute Gasteiger partial charge is 0.242 e. The van der Waals surface area contributed by atoms with Crippen LogP contribution in [0.25, 0.3) is 0 Å². The second-order valence-electron chi connectivity index (χ2n) is 4.39. The quantitative estimate of drug-likeness (QED) is 0.840. The zero-order valence-corrected chi connectivity index (χ0v) is 10.3. The second-order valence-corrected chi connectivity index (χ2v) is 4.39. The molecular weight excluding hydrogens is 204 g/mol. The molecule has 1 rings (SSSR count). The summed E-state index contributed by atoms with van der Waals surface area (Å²) in [4.78, 5) is 13.5. The Morgan fingerprint density at radius 2 is 2.12 bits per heavy atom. The lowest BCUT2D eigenvalue weighted by Crippen LogP contribution is -2.35. The van der Waals surface area contributed by atoms with Crippen LogP contribution < -0.4 is 0 Å². The predicted octanol–water partition coefficient (Wildman–Crippen LogP) is 1.41. The van der Waals surface area contributed by atoms with E-state index in [0.717, 1.165) is 5.56 Å². The van der Waals surface area contributed by atoms with Crippen molar-refractivity contribution in [1.29, 1.82) is 0 Å². The number of aliphatic hydroxyl groups is 1. The van der Waals surface area contributed by atoms with Gasteiger partial charge >= 0.3 is 0 Å². The molecule has 0 aliphatic rings. The van der Waals surface area contributed by atoms with Gasteiger partial charge in [-0.3, -0.25) is 4.79 Å². The first-order valence-corrected chi connectivity index (χ1v) is 5.51. The van der Waals surface area contributed by atoms with E-state index in [9.17, 15) is 9.90 Å². The normalized spacial score (nSPS) is 12.9. The molecule has 4 heteroatoms. The van der Waals surface area contributed by atoms with Gasteiger partial charge in [0.05, 0.1) is 6.10 Å². The molecule has 0 aliphatic carbocycles. The van der Waals surface area contributed by atoms with Crippen LogP contribution in [-0.4, -0.2) is 33.6 Å². The van der Waals surface area contributed by atoms with Gasteiger partial charge in [0.25, 0.3) is 0 Å². The first-order chi connectivity index (χ1) is 7.41. The Kier molecular flexibility index (Phi) is 4.12. The molecule has 1 aromatic rings. The summed E-state index contributed by atoms with van der Waals surface area (Å²) in [6, 6.07) is 2.03. The molecule has 0 saturated heterocycles. The monoisotopic (exact) mass is 224 g/mol. The Bertz CT molecular complexity index is 356. The third-order valence-electron chi connectivity index (χ3n) is 2.74. The summed E-state index contributed by atoms with van der Waals surface area (Å²) in [7, 11) is 1.80. The van der Waals surface area contributed by atoms with Crippen molar-refractivity contribution in [3.8, 4) is 0 Å². The molecule has 0 aromatic carbocycles. The third-order valence-corrected chi connectivity index (χ3v) is 2.74. The van der Waals surface area contributed by atoms with E-state index >= 15 is 0 Å². The Labute approximate surface area is 96.5 Å². The SMILES string of the molecule is CC(O)c1ccn(CC(=O)N(C)C(C)C)c1. The minimum atomic E-state index is -0.487. The van der Waals surface area contributed by atoms with Gasteiger partial charge in [0, 0.05) is 25.5 Å². The molecule has 0 fully saturated rings. The first-order valence-electron chi connectivity index (χ1n) is 5.51. The van der Waals surface area contributed by atoms with Crippen LogP contribution in [0.5, 0.6) is 0 Å². The standard InChI is InChI=1S/C12H20N2O2/c1-9(2)13(4)12(16)8-14-6-5-11(7-14)10(3)15/h5-7,9-10,15H,8H2,1-4H3. The minimum Gasteiger partial charge on any atom is -0.389 e. The molecule has 0 spiro atoms. The molecular formula is C12H20N2O2. The van der Waals surface area contributed by atoms with E-state index < -0.39 is 6.10 Å². The number of hydrogen-bond acceptors (Lipinski definition) is 2. The first kappa shape index (κ1) is 12.8. The van der Waals surface area contributed by atoms with Crippen LogP contribution in [0.15, 0.2) is 18.5 Å². The molecule has 1 amide bonds. The van der Waals surface area contributed by atoms with E-state index in [4.69, 9.17) is 0 Å². The van der Waals surface area contributed by atoms with Gasteiger partial charge in [0.2, 0.25) is 5.91 Å². The number of hydrogen-bond donors (Lipinski definition) is 1. The number of likely N-dealkylation sites (N-methyl/N-ethyl adjacent to an activating group) is 1. The third kappa shape index (κ3) is 3.10. The van der Waals surface area contributed by atoms with E-state index in [1.54, 1.807) is 29.6 Å². The van der Waals surface area contributed by atoms with Crippen LogP contribution in [0.3, 0.4) is 0 Å². The lowest BCUT2D eigenvalue weighted by Gasteiger charge is -2.21. The summed E-state index contributed by atoms with van der Waals surface area (Å²) in [5.41, 5.74) is 0.833. The maximum atomic E-state index is 11.8. The summed E-state index contributed by atoms with van der Waals surface area (Å²) >= 11 is 0. The van der Waals surface area contributed by atoms with Crippen molar-refractivity contribution in [2.75, 3.05) is 7.05 Å². The molecule has 1 atom stereocenters. The maximum absolute atomic E-state index is 11.8. The van der Waals surface area contributed by atoms with Crippen molar-refractivity contribution in [2.24, 2.45) is 0 Å². The average molecular weight is 224 g/mol. The summed E-state index contributed by atoms with van der Waals surface area (Å²) in [6.07, 6.45) is 3.13. The number of carbonyl (C=O) groups is 1. The van der Waals surface area contributed by atoms with E-state index in [-0.39, 0.29) is 11.9 Å². The van der Waals surface area contributed by atoms with Gasteiger partial charge in [-0.05, 0) is 32.4 Å². The number of nitrogens with zero attached hydrogens (tertiary/aromatic N) is 2. The minimum absolute atomic E-state index is 0.0720. The van der Waals surface area contributed by atoms with E-state index in [2.05, 4.69) is 0 Å². The molecule has 1 heterocycles. The van der Waals surface area contributed by atoms with Gasteiger partial charge in [-0.1, -0.05) is 0 Å². The lowest BCUT2D eigenvalue weighted by molar-refractivity contribution is -0.131. The Hall–Kier alpha value is -1.29. The van der Waals surface area contributed by atoms with Gasteiger partial charge in [0.1, 0.15) is 6.54 Å². The van der Waals surface area contributed by atoms with Crippen molar-refractivity contribution < 1.29 is 9.90 Å². The highest BCUT2D eigenvalue weighted by Gasteiger charge is 2.12. The average Bonchev–Trinajstić information content (AvgIpc) is 2.64. The molecule has 0 radical (unpaired) electrons. The van der Waals surface area contributed by atoms with Crippen LogP contribution in [0.1, 0.15) is 32.4 Å². The molecule has 1 aromatic heterocycles. The van der Waals surface area contributed by atoms with Crippen molar-refractivity contribution >= 4 is 5.91 Å². The second kappa shape index (κ2) is 5.16. The fourth-order valence-corrected chi connectivity index (χ4v) is 1.36. The molecule has 0 bridgehead atoms. The van der Waals surface area contributed by atoms with E-state index in [1.807, 2.05) is 26.1 Å². The highest BCUT2D eigenvalue weighted by atomic mass is 16.3. The summed E-state index contributed by atoms with van der Waals surface area (Å²) < 4.78 is 1.79. The van der Waals surface area contributed by atoms with Gasteiger partial charge in [-0.2, -0.15) is 0 Å². The summed E-state index contributed by atoms with van der Waals surface area (Å²) in [5, 5.41) is 9.36. The number of rotatable bonds is 4. The Morgan fingerprint density at radius 1 is 1.50 bits per heavy atom. The molecule has 90 valence electrons. The fourth-order valence-electron chi connectivity index (χ4n) is 1.36. The van der Waals surface area contributed by atoms with Crippen LogP contribution in [-0.2, 0) is 11.3 Å². The molecule has 16 heavy (non-hydrogen) atoms. The Morgan fingerprint density at radius 3 is 2.56 bits per heavy atom. The van der Waals surface area contributed by atoms with Crippen LogP contribution in [0.4, 0.5) is 0 Å². The maximum Gasteiger partial charge on any atom is 0.242 e. The highest BCUT2D eigenvalue weighted by Crippen LogP contribution is 2.12. The number of carbonyl (C=O) groups excluding carboxylic acids is 1. The zero-order valence-electron chi connectivity index (χ0n) is 10.3. The van der Waals surface area contributed by atoms with Gasteiger partial charge in [0.15, 0.2) is 0 Å². The molecule has 1 unspecified atom stereocenters. The molecule has 1 N–H and O–H groups in total. The lowest BCUT2D eigenvalue weighted by atomic mass is 10.2. The predicted molar refractivity (Wildman–Crippen MR) is 63.0 cm³/mol. The number of aromatic nitrogens is 1. The van der Waals surface area contributed by atoms with Crippen molar-refractivity contribution in [3.63, 3.8) is 0 Å². The zero-order chi connectivity index (χ0) is 12.3. The van der Waals surface area contributed by atoms with Crippen molar-refractivity contribution in [1.82, 2.24) is 9.47 Å². The number of amides is 1. The fraction of sp³-hybridized carbons (Fsp3) is 0.583. The van der Waals surface area contributed by atoms with E-state index in [0.29, 0.717) is 6.54 Å². The highest BCUT2D eigenvalue weighted by molar-refractivity contribution is 5.76. The van der Waals surface area contributed by atoms with E-state index in [1.165, 1.54) is 0 Å². The summed E-state index contributed by atoms with van der Waals surface area (Å²) in [6.45, 7) is 5.99. The molecule has 0 saturated carbocycles. The number of aliphatic hydroxyl groups excluding tert-OH is 1. The van der Waals surface area contributed by atoms with Gasteiger partial charge in [-0.15, -0.1) is 0 Å². The summed E-state index contributed by atoms with van der Waals surface area (Å²) in [5.74, 6) is 0.0720. The molecule has 0 aliphatic heterocycles. The van der Waals surface area contributed by atoms with Crippen LogP contribution in [0, 0.1) is 0 Å².